The molecule has 2 unspecified atom stereocenters. The highest BCUT2D eigenvalue weighted by molar-refractivity contribution is 5.80. The van der Waals surface area contributed by atoms with Crippen LogP contribution in [0.5, 0.6) is 0 Å². The molecule has 1 N–H and O–H groups in total. The van der Waals surface area contributed by atoms with Gasteiger partial charge in [-0.15, -0.1) is 0 Å². The van der Waals surface area contributed by atoms with Crippen molar-refractivity contribution in [1.82, 2.24) is 4.90 Å². The van der Waals surface area contributed by atoms with Crippen LogP contribution in [-0.2, 0) is 14.3 Å². The van der Waals surface area contributed by atoms with Crippen molar-refractivity contribution < 1.29 is 19.4 Å². The van der Waals surface area contributed by atoms with Crippen LogP contribution >= 0.6 is 0 Å². The number of nitrogens with zero attached hydrogens (tertiary/aromatic N) is 1. The van der Waals surface area contributed by atoms with Gasteiger partial charge in [0.2, 0.25) is 5.91 Å². The predicted octanol–water partition coefficient (Wildman–Crippen LogP) is 1.37. The van der Waals surface area contributed by atoms with Gasteiger partial charge < -0.3 is 14.7 Å². The Kier molecular flexibility index (Phi) is 5.14. The van der Waals surface area contributed by atoms with Crippen LogP contribution in [0.2, 0.25) is 0 Å². The average Bonchev–Trinajstić information content (AvgIpc) is 2.74. The Balaban J connectivity index is 2.55. The second-order valence-electron chi connectivity index (χ2n) is 5.27. The Hall–Kier alpha value is -1.10. The van der Waals surface area contributed by atoms with E-state index in [4.69, 9.17) is 4.74 Å². The van der Waals surface area contributed by atoms with Gasteiger partial charge in [-0.05, 0) is 18.8 Å². The molecule has 1 fully saturated rings. The molecule has 0 bridgehead atoms. The molecule has 1 saturated heterocycles. The normalized spacial score (nSPS) is 25.2. The highest BCUT2D eigenvalue weighted by atomic mass is 16.5. The third kappa shape index (κ3) is 3.22. The first-order chi connectivity index (χ1) is 8.45. The van der Waals surface area contributed by atoms with Crippen LogP contribution in [0.3, 0.4) is 0 Å². The number of rotatable bonds is 6. The van der Waals surface area contributed by atoms with Gasteiger partial charge in [-0.1, -0.05) is 13.8 Å². The van der Waals surface area contributed by atoms with Crippen molar-refractivity contribution in [2.24, 2.45) is 11.3 Å². The maximum absolute atomic E-state index is 12.0. The number of methoxy groups -OCH3 is 1. The van der Waals surface area contributed by atoms with Crippen molar-refractivity contribution in [2.45, 2.75) is 33.1 Å². The number of ether oxygens (including phenoxy) is 1. The number of carboxylic acids is 1. The summed E-state index contributed by atoms with van der Waals surface area (Å²) >= 11 is 0. The van der Waals surface area contributed by atoms with Gasteiger partial charge in [0.15, 0.2) is 0 Å². The van der Waals surface area contributed by atoms with Crippen LogP contribution in [0.15, 0.2) is 0 Å². The van der Waals surface area contributed by atoms with E-state index in [-0.39, 0.29) is 11.8 Å². The molecule has 5 heteroatoms. The lowest BCUT2D eigenvalue weighted by Crippen LogP contribution is -2.37. The summed E-state index contributed by atoms with van der Waals surface area (Å²) in [7, 11) is 1.61. The van der Waals surface area contributed by atoms with Crippen molar-refractivity contribution in [3.8, 4) is 0 Å². The monoisotopic (exact) mass is 257 g/mol. The molecule has 0 saturated carbocycles. The summed E-state index contributed by atoms with van der Waals surface area (Å²) in [6.45, 7) is 5.28. The largest absolute Gasteiger partial charge is 0.481 e. The fourth-order valence-corrected chi connectivity index (χ4v) is 2.47. The first-order valence-corrected chi connectivity index (χ1v) is 6.45. The fourth-order valence-electron chi connectivity index (χ4n) is 2.47. The van der Waals surface area contributed by atoms with Gasteiger partial charge >= 0.3 is 5.97 Å². The van der Waals surface area contributed by atoms with Crippen LogP contribution in [0.1, 0.15) is 33.1 Å². The summed E-state index contributed by atoms with van der Waals surface area (Å²) in [5.41, 5.74) is -0.736. The zero-order valence-corrected chi connectivity index (χ0v) is 11.4. The molecular weight excluding hydrogens is 234 g/mol. The maximum Gasteiger partial charge on any atom is 0.311 e. The van der Waals surface area contributed by atoms with Crippen LogP contribution in [0, 0.1) is 11.3 Å². The smallest absolute Gasteiger partial charge is 0.311 e. The van der Waals surface area contributed by atoms with Crippen molar-refractivity contribution in [1.29, 1.82) is 0 Å². The van der Waals surface area contributed by atoms with E-state index in [1.54, 1.807) is 12.0 Å². The summed E-state index contributed by atoms with van der Waals surface area (Å²) in [6.07, 6.45) is 1.55. The second-order valence-corrected chi connectivity index (χ2v) is 5.27. The zero-order chi connectivity index (χ0) is 13.8. The van der Waals surface area contributed by atoms with Gasteiger partial charge in [-0.3, -0.25) is 9.59 Å². The summed E-state index contributed by atoms with van der Waals surface area (Å²) in [4.78, 5) is 25.0. The van der Waals surface area contributed by atoms with Crippen LogP contribution in [0.4, 0.5) is 0 Å². The Morgan fingerprint density at radius 2 is 2.17 bits per heavy atom. The number of carbonyl (C=O) groups excluding carboxylic acids is 1. The quantitative estimate of drug-likeness (QED) is 0.780. The molecule has 0 aliphatic carbocycles. The zero-order valence-electron chi connectivity index (χ0n) is 11.4. The summed E-state index contributed by atoms with van der Waals surface area (Å²) in [5.74, 6) is -0.578. The molecule has 104 valence electrons. The third-order valence-electron chi connectivity index (χ3n) is 3.81. The SMILES string of the molecule is CCC1(C(=O)O)CCN(C(=O)CC(C)COC)C1. The van der Waals surface area contributed by atoms with E-state index < -0.39 is 11.4 Å². The average molecular weight is 257 g/mol. The molecule has 1 aliphatic rings. The third-order valence-corrected chi connectivity index (χ3v) is 3.81. The minimum absolute atomic E-state index is 0.0381. The standard InChI is InChI=1S/C13H23NO4/c1-4-13(12(16)17)5-6-14(9-13)11(15)7-10(2)8-18-3/h10H,4-9H2,1-3H3,(H,16,17). The number of hydrogen-bond acceptors (Lipinski definition) is 3. The van der Waals surface area contributed by atoms with Crippen LogP contribution in [0.25, 0.3) is 0 Å². The number of likely N-dealkylation sites (tertiary alicyclic amines) is 1. The number of aliphatic carboxylic acids is 1. The molecule has 1 amide bonds. The minimum atomic E-state index is -0.787. The lowest BCUT2D eigenvalue weighted by atomic mass is 9.84. The lowest BCUT2D eigenvalue weighted by molar-refractivity contribution is -0.148. The van der Waals surface area contributed by atoms with Crippen molar-refractivity contribution in [2.75, 3.05) is 26.8 Å². The molecule has 18 heavy (non-hydrogen) atoms. The van der Waals surface area contributed by atoms with Gasteiger partial charge in [0.05, 0.1) is 5.41 Å². The van der Waals surface area contributed by atoms with Gasteiger partial charge in [0, 0.05) is 33.2 Å². The highest BCUT2D eigenvalue weighted by Gasteiger charge is 2.44. The van der Waals surface area contributed by atoms with Crippen LogP contribution in [-0.4, -0.2) is 48.7 Å². The van der Waals surface area contributed by atoms with E-state index in [9.17, 15) is 14.7 Å². The Morgan fingerprint density at radius 1 is 1.50 bits per heavy atom. The summed E-state index contributed by atoms with van der Waals surface area (Å²) in [5, 5.41) is 9.27. The number of carboxylic acid groups (broad SMARTS) is 1. The van der Waals surface area contributed by atoms with Gasteiger partial charge in [0.25, 0.3) is 0 Å². The van der Waals surface area contributed by atoms with E-state index in [1.807, 2.05) is 13.8 Å². The van der Waals surface area contributed by atoms with E-state index in [2.05, 4.69) is 0 Å². The van der Waals surface area contributed by atoms with E-state index in [0.717, 1.165) is 0 Å². The summed E-state index contributed by atoms with van der Waals surface area (Å²) in [6, 6.07) is 0. The predicted molar refractivity (Wildman–Crippen MR) is 67.2 cm³/mol. The van der Waals surface area contributed by atoms with Crippen molar-refractivity contribution >= 4 is 11.9 Å². The van der Waals surface area contributed by atoms with Gasteiger partial charge in [-0.25, -0.2) is 0 Å². The number of hydrogen-bond donors (Lipinski definition) is 1. The topological polar surface area (TPSA) is 66.8 Å². The molecule has 1 rings (SSSR count). The van der Waals surface area contributed by atoms with E-state index in [0.29, 0.717) is 39.0 Å². The van der Waals surface area contributed by atoms with Crippen LogP contribution < -0.4 is 0 Å². The Morgan fingerprint density at radius 3 is 2.61 bits per heavy atom. The number of carbonyl (C=O) groups is 2. The highest BCUT2D eigenvalue weighted by Crippen LogP contribution is 2.34. The minimum Gasteiger partial charge on any atom is -0.481 e. The first kappa shape index (κ1) is 15.0. The van der Waals surface area contributed by atoms with Crippen molar-refractivity contribution in [3.05, 3.63) is 0 Å². The van der Waals surface area contributed by atoms with E-state index >= 15 is 0 Å². The van der Waals surface area contributed by atoms with Gasteiger partial charge in [-0.2, -0.15) is 0 Å². The second kappa shape index (κ2) is 6.18. The molecule has 0 aromatic rings. The Labute approximate surface area is 108 Å². The molecule has 0 aromatic heterocycles. The number of amides is 1. The van der Waals surface area contributed by atoms with Gasteiger partial charge in [0.1, 0.15) is 0 Å². The summed E-state index contributed by atoms with van der Waals surface area (Å²) < 4.78 is 5.00. The molecule has 0 aromatic carbocycles. The molecule has 0 spiro atoms. The van der Waals surface area contributed by atoms with E-state index in [1.165, 1.54) is 0 Å². The molecule has 1 heterocycles. The Bertz CT molecular complexity index is 318. The molecule has 0 radical (unpaired) electrons. The lowest BCUT2D eigenvalue weighted by Gasteiger charge is -2.23. The molecule has 1 aliphatic heterocycles. The maximum atomic E-state index is 12.0. The molecule has 5 nitrogen and oxygen atoms in total. The molecular formula is C13H23NO4. The van der Waals surface area contributed by atoms with Crippen molar-refractivity contribution in [3.63, 3.8) is 0 Å². The first-order valence-electron chi connectivity index (χ1n) is 6.45. The fraction of sp³-hybridized carbons (Fsp3) is 0.846. The molecule has 2 atom stereocenters.